The molecule has 0 aliphatic carbocycles. The maximum Gasteiger partial charge on any atom is 0.0792 e. The van der Waals surface area contributed by atoms with Crippen molar-refractivity contribution >= 4 is 32.3 Å². The fraction of sp³-hybridized carbons (Fsp3) is 0. The third-order valence-corrected chi connectivity index (χ3v) is 9.26. The molecule has 0 N–H and O–H groups in total. The van der Waals surface area contributed by atoms with Crippen LogP contribution in [0.25, 0.3) is 82.9 Å². The minimum absolute atomic E-state index is 1.01. The Balaban J connectivity index is 1.42. The Kier molecular flexibility index (Phi) is 6.50. The molecule has 2 heterocycles. The zero-order valence-corrected chi connectivity index (χ0v) is 25.7. The minimum atomic E-state index is 1.01. The summed E-state index contributed by atoms with van der Waals surface area (Å²) in [7, 11) is 0. The molecule has 0 radical (unpaired) electrons. The summed E-state index contributed by atoms with van der Waals surface area (Å²) in [5.41, 5.74) is 10.4. The monoisotopic (exact) mass is 598 g/mol. The van der Waals surface area contributed by atoms with E-state index in [0.717, 1.165) is 33.7 Å². The highest BCUT2D eigenvalue weighted by Gasteiger charge is 2.21. The van der Waals surface area contributed by atoms with E-state index in [1.54, 1.807) is 0 Å². The average molecular weight is 599 g/mol. The van der Waals surface area contributed by atoms with Gasteiger partial charge in [0.1, 0.15) is 0 Å². The van der Waals surface area contributed by atoms with Gasteiger partial charge in [0.05, 0.1) is 17.1 Å². The largest absolute Gasteiger partial charge is 0.309 e. The Morgan fingerprint density at radius 1 is 0.362 bits per heavy atom. The van der Waals surface area contributed by atoms with Crippen LogP contribution in [0.2, 0.25) is 0 Å². The normalized spacial score (nSPS) is 11.4. The molecule has 2 nitrogen and oxygen atoms in total. The van der Waals surface area contributed by atoms with Crippen LogP contribution in [0.1, 0.15) is 0 Å². The highest BCUT2D eigenvalue weighted by molar-refractivity contribution is 6.23. The van der Waals surface area contributed by atoms with E-state index in [9.17, 15) is 0 Å². The molecular formula is C45H30N2. The molecule has 0 atom stereocenters. The van der Waals surface area contributed by atoms with E-state index < -0.39 is 0 Å². The van der Waals surface area contributed by atoms with Crippen LogP contribution in [0.15, 0.2) is 182 Å². The molecule has 2 heteroatoms. The first-order valence-corrected chi connectivity index (χ1v) is 16.1. The van der Waals surface area contributed by atoms with E-state index >= 15 is 0 Å². The number of nitrogens with zero attached hydrogens (tertiary/aromatic N) is 2. The molecule has 7 aromatic carbocycles. The number of aromatic nitrogens is 2. The van der Waals surface area contributed by atoms with Gasteiger partial charge < -0.3 is 4.57 Å². The van der Waals surface area contributed by atoms with Crippen LogP contribution < -0.4 is 0 Å². The van der Waals surface area contributed by atoms with Crippen LogP contribution >= 0.6 is 0 Å². The smallest absolute Gasteiger partial charge is 0.0792 e. The standard InChI is InChI=1S/C45H30N2/c1-4-15-32(16-5-1)41-26-27-42(33-17-6-2-7-18-33)47(41)35-24-25-39-40(30-35)43(34-19-8-3-9-20-34)37-22-12-13-23-38(37)44(39)45-36-21-11-10-14-31(36)28-29-46-45/h1-30H. The zero-order valence-electron chi connectivity index (χ0n) is 25.7. The molecule has 47 heavy (non-hydrogen) atoms. The van der Waals surface area contributed by atoms with E-state index in [-0.39, 0.29) is 0 Å². The number of hydrogen-bond acceptors (Lipinski definition) is 1. The van der Waals surface area contributed by atoms with Crippen molar-refractivity contribution in [2.75, 3.05) is 0 Å². The van der Waals surface area contributed by atoms with Gasteiger partial charge in [-0.3, -0.25) is 4.98 Å². The molecular weight excluding hydrogens is 569 g/mol. The summed E-state index contributed by atoms with van der Waals surface area (Å²) in [6.07, 6.45) is 1.94. The topological polar surface area (TPSA) is 17.8 Å². The van der Waals surface area contributed by atoms with Gasteiger partial charge in [0.25, 0.3) is 0 Å². The molecule has 0 aliphatic rings. The van der Waals surface area contributed by atoms with Crippen molar-refractivity contribution in [1.29, 1.82) is 0 Å². The van der Waals surface area contributed by atoms with Crippen LogP contribution in [0, 0.1) is 0 Å². The van der Waals surface area contributed by atoms with Crippen molar-refractivity contribution in [2.45, 2.75) is 0 Å². The van der Waals surface area contributed by atoms with E-state index in [2.05, 4.69) is 180 Å². The SMILES string of the molecule is c1ccc(-c2c3ccccc3c(-c3nccc4ccccc34)c3ccc(-n4c(-c5ccccc5)ccc4-c4ccccc4)cc23)cc1. The van der Waals surface area contributed by atoms with Gasteiger partial charge >= 0.3 is 0 Å². The minimum Gasteiger partial charge on any atom is -0.309 e. The second-order valence-corrected chi connectivity index (χ2v) is 11.9. The van der Waals surface area contributed by atoms with E-state index in [1.807, 2.05) is 6.20 Å². The van der Waals surface area contributed by atoms with E-state index in [4.69, 9.17) is 4.98 Å². The van der Waals surface area contributed by atoms with Gasteiger partial charge in [-0.1, -0.05) is 146 Å². The van der Waals surface area contributed by atoms with Gasteiger partial charge in [0, 0.05) is 22.8 Å². The van der Waals surface area contributed by atoms with Gasteiger partial charge in [0.15, 0.2) is 0 Å². The van der Waals surface area contributed by atoms with Crippen LogP contribution in [0.5, 0.6) is 0 Å². The first-order chi connectivity index (χ1) is 23.3. The van der Waals surface area contributed by atoms with Crippen LogP contribution in [0.3, 0.4) is 0 Å². The molecule has 0 aliphatic heterocycles. The molecule has 0 spiro atoms. The number of pyridine rings is 1. The Bertz CT molecular complexity index is 2480. The molecule has 0 fully saturated rings. The Labute approximate surface area is 273 Å². The van der Waals surface area contributed by atoms with Gasteiger partial charge in [0.2, 0.25) is 0 Å². The third-order valence-electron chi connectivity index (χ3n) is 9.26. The van der Waals surface area contributed by atoms with E-state index in [1.165, 1.54) is 49.2 Å². The van der Waals surface area contributed by atoms with Gasteiger partial charge in [-0.05, 0) is 79.5 Å². The van der Waals surface area contributed by atoms with Crippen LogP contribution in [-0.4, -0.2) is 9.55 Å². The summed E-state index contributed by atoms with van der Waals surface area (Å²) < 4.78 is 2.41. The highest BCUT2D eigenvalue weighted by atomic mass is 15.0. The summed E-state index contributed by atoms with van der Waals surface area (Å²) >= 11 is 0. The fourth-order valence-corrected chi connectivity index (χ4v) is 7.18. The molecule has 0 unspecified atom stereocenters. The number of hydrogen-bond donors (Lipinski definition) is 0. The van der Waals surface area contributed by atoms with Crippen LogP contribution in [-0.2, 0) is 0 Å². The first-order valence-electron chi connectivity index (χ1n) is 16.1. The van der Waals surface area contributed by atoms with Crippen molar-refractivity contribution < 1.29 is 0 Å². The zero-order chi connectivity index (χ0) is 31.2. The van der Waals surface area contributed by atoms with Crippen molar-refractivity contribution in [1.82, 2.24) is 9.55 Å². The van der Waals surface area contributed by atoms with Crippen molar-refractivity contribution in [3.8, 4) is 50.6 Å². The molecule has 0 saturated carbocycles. The van der Waals surface area contributed by atoms with Gasteiger partial charge in [-0.2, -0.15) is 0 Å². The second-order valence-electron chi connectivity index (χ2n) is 11.9. The molecule has 0 bridgehead atoms. The number of fused-ring (bicyclic) bond motifs is 3. The lowest BCUT2D eigenvalue weighted by Gasteiger charge is -2.20. The molecule has 220 valence electrons. The Morgan fingerprint density at radius 2 is 0.872 bits per heavy atom. The molecule has 0 saturated heterocycles. The van der Waals surface area contributed by atoms with Crippen molar-refractivity contribution in [3.63, 3.8) is 0 Å². The second kappa shape index (κ2) is 11.3. The highest BCUT2D eigenvalue weighted by Crippen LogP contribution is 2.45. The molecule has 9 rings (SSSR count). The number of benzene rings is 7. The predicted molar refractivity (Wildman–Crippen MR) is 198 cm³/mol. The molecule has 2 aromatic heterocycles. The quantitative estimate of drug-likeness (QED) is 0.180. The fourth-order valence-electron chi connectivity index (χ4n) is 7.18. The summed E-state index contributed by atoms with van der Waals surface area (Å²) in [6, 6.07) is 63.1. The average Bonchev–Trinajstić information content (AvgIpc) is 3.60. The predicted octanol–water partition coefficient (Wildman–Crippen LogP) is 12.0. The molecule has 9 aromatic rings. The maximum absolute atomic E-state index is 5.05. The van der Waals surface area contributed by atoms with Crippen molar-refractivity contribution in [3.05, 3.63) is 182 Å². The van der Waals surface area contributed by atoms with E-state index in [0.29, 0.717) is 0 Å². The molecule has 0 amide bonds. The summed E-state index contributed by atoms with van der Waals surface area (Å²) in [5.74, 6) is 0. The Hall–Kier alpha value is -6.25. The summed E-state index contributed by atoms with van der Waals surface area (Å²) in [5, 5.41) is 7.14. The Morgan fingerprint density at radius 3 is 1.51 bits per heavy atom. The summed E-state index contributed by atoms with van der Waals surface area (Å²) in [6.45, 7) is 0. The van der Waals surface area contributed by atoms with Gasteiger partial charge in [-0.25, -0.2) is 0 Å². The summed E-state index contributed by atoms with van der Waals surface area (Å²) in [4.78, 5) is 5.05. The maximum atomic E-state index is 5.05. The lowest BCUT2D eigenvalue weighted by atomic mass is 9.86. The van der Waals surface area contributed by atoms with Crippen LogP contribution in [0.4, 0.5) is 0 Å². The van der Waals surface area contributed by atoms with Crippen molar-refractivity contribution in [2.24, 2.45) is 0 Å². The van der Waals surface area contributed by atoms with Gasteiger partial charge in [-0.15, -0.1) is 0 Å². The number of rotatable bonds is 5. The first kappa shape index (κ1) is 27.1. The third kappa shape index (κ3) is 4.54. The lowest BCUT2D eigenvalue weighted by Crippen LogP contribution is -2.00. The lowest BCUT2D eigenvalue weighted by molar-refractivity contribution is 1.10.